The third-order valence-electron chi connectivity index (χ3n) is 3.88. The monoisotopic (exact) mass is 305 g/mol. The van der Waals surface area contributed by atoms with Crippen molar-refractivity contribution in [3.63, 3.8) is 0 Å². The lowest BCUT2D eigenvalue weighted by molar-refractivity contribution is -0.128. The minimum absolute atomic E-state index is 0.0653. The lowest BCUT2D eigenvalue weighted by Gasteiger charge is -2.15. The molecular formula is C15H19N3O4. The average Bonchev–Trinajstić information content (AvgIpc) is 2.98. The summed E-state index contributed by atoms with van der Waals surface area (Å²) in [6.45, 7) is 4.77. The molecule has 2 rings (SSSR count). The van der Waals surface area contributed by atoms with E-state index in [9.17, 15) is 9.59 Å². The van der Waals surface area contributed by atoms with Crippen molar-refractivity contribution in [2.45, 2.75) is 20.3 Å². The Morgan fingerprint density at radius 1 is 1.55 bits per heavy atom. The summed E-state index contributed by atoms with van der Waals surface area (Å²) in [4.78, 5) is 25.7. The number of ether oxygens (including phenoxy) is 1. The van der Waals surface area contributed by atoms with Crippen molar-refractivity contribution in [3.05, 3.63) is 16.9 Å². The molecule has 0 spiro atoms. The predicted molar refractivity (Wildman–Crippen MR) is 78.1 cm³/mol. The number of aryl methyl sites for hydroxylation is 1. The second-order valence-corrected chi connectivity index (χ2v) is 5.32. The molecule has 0 saturated carbocycles. The number of nitriles is 1. The molecule has 1 aromatic heterocycles. The number of hydrogen-bond donors (Lipinski definition) is 1. The van der Waals surface area contributed by atoms with Crippen LogP contribution in [0.15, 0.2) is 4.42 Å². The van der Waals surface area contributed by atoms with Crippen LogP contribution in [0.25, 0.3) is 0 Å². The largest absolute Gasteiger partial charge is 0.444 e. The Morgan fingerprint density at radius 2 is 2.27 bits per heavy atom. The number of likely N-dealkylation sites (tertiary alicyclic amines) is 1. The van der Waals surface area contributed by atoms with E-state index in [1.54, 1.807) is 25.9 Å². The summed E-state index contributed by atoms with van der Waals surface area (Å²) >= 11 is 0. The topological polar surface area (TPSA) is 95.6 Å². The Balaban J connectivity index is 2.03. The predicted octanol–water partition coefficient (Wildman–Crippen LogP) is 1.20. The number of carbonyl (C=O) groups is 2. The number of hydrogen-bond acceptors (Lipinski definition) is 5. The number of nitrogens with zero attached hydrogens (tertiary/aromatic N) is 2. The first kappa shape index (κ1) is 16.0. The van der Waals surface area contributed by atoms with Gasteiger partial charge in [-0.15, -0.1) is 0 Å². The summed E-state index contributed by atoms with van der Waals surface area (Å²) < 4.78 is 10.4. The SMILES string of the molecule is COCCN1CC(C(=O)Nc2oc(C)c(C)c2C#N)CC1=O. The fourth-order valence-electron chi connectivity index (χ4n) is 2.43. The van der Waals surface area contributed by atoms with Gasteiger partial charge in [-0.3, -0.25) is 14.9 Å². The van der Waals surface area contributed by atoms with Gasteiger partial charge in [-0.05, 0) is 13.8 Å². The van der Waals surface area contributed by atoms with E-state index in [0.717, 1.165) is 0 Å². The zero-order chi connectivity index (χ0) is 16.3. The standard InChI is InChI=1S/C15H19N3O4/c1-9-10(2)22-15(12(9)7-16)17-14(20)11-6-13(19)18(8-11)4-5-21-3/h11H,4-6,8H2,1-3H3,(H,17,20). The summed E-state index contributed by atoms with van der Waals surface area (Å²) in [7, 11) is 1.57. The van der Waals surface area contributed by atoms with Crippen molar-refractivity contribution < 1.29 is 18.7 Å². The molecule has 1 atom stereocenters. The highest BCUT2D eigenvalue weighted by Gasteiger charge is 2.34. The van der Waals surface area contributed by atoms with Crippen molar-refractivity contribution in [2.24, 2.45) is 5.92 Å². The van der Waals surface area contributed by atoms with Crippen LogP contribution in [-0.4, -0.2) is 43.5 Å². The van der Waals surface area contributed by atoms with Crippen molar-refractivity contribution in [1.82, 2.24) is 4.90 Å². The van der Waals surface area contributed by atoms with Crippen molar-refractivity contribution in [3.8, 4) is 6.07 Å². The van der Waals surface area contributed by atoms with Gasteiger partial charge >= 0.3 is 0 Å². The summed E-state index contributed by atoms with van der Waals surface area (Å²) in [5.74, 6) is -0.0639. The van der Waals surface area contributed by atoms with Gasteiger partial charge in [0, 0.05) is 32.2 Å². The van der Waals surface area contributed by atoms with E-state index >= 15 is 0 Å². The number of methoxy groups -OCH3 is 1. The Kier molecular flexibility index (Phi) is 4.83. The molecule has 22 heavy (non-hydrogen) atoms. The quantitative estimate of drug-likeness (QED) is 0.882. The number of anilines is 1. The van der Waals surface area contributed by atoms with Crippen LogP contribution in [0, 0.1) is 31.1 Å². The van der Waals surface area contributed by atoms with Crippen LogP contribution in [0.1, 0.15) is 23.3 Å². The second-order valence-electron chi connectivity index (χ2n) is 5.32. The van der Waals surface area contributed by atoms with E-state index in [2.05, 4.69) is 5.32 Å². The van der Waals surface area contributed by atoms with Gasteiger partial charge in [0.25, 0.3) is 0 Å². The molecule has 1 saturated heterocycles. The van der Waals surface area contributed by atoms with Crippen molar-refractivity contribution >= 4 is 17.7 Å². The Hall–Kier alpha value is -2.33. The van der Waals surface area contributed by atoms with Crippen molar-refractivity contribution in [1.29, 1.82) is 5.26 Å². The van der Waals surface area contributed by atoms with E-state index in [4.69, 9.17) is 14.4 Å². The lowest BCUT2D eigenvalue weighted by atomic mass is 10.1. The molecule has 2 heterocycles. The van der Waals surface area contributed by atoms with Crippen LogP contribution >= 0.6 is 0 Å². The van der Waals surface area contributed by atoms with Gasteiger partial charge in [-0.25, -0.2) is 0 Å². The molecule has 1 unspecified atom stereocenters. The van der Waals surface area contributed by atoms with Gasteiger partial charge in [0.15, 0.2) is 0 Å². The van der Waals surface area contributed by atoms with Crippen LogP contribution in [0.4, 0.5) is 5.88 Å². The maximum atomic E-state index is 12.3. The highest BCUT2D eigenvalue weighted by molar-refractivity contribution is 5.97. The smallest absolute Gasteiger partial charge is 0.232 e. The van der Waals surface area contributed by atoms with Gasteiger partial charge < -0.3 is 14.1 Å². The van der Waals surface area contributed by atoms with Crippen LogP contribution in [0.2, 0.25) is 0 Å². The van der Waals surface area contributed by atoms with Crippen LogP contribution in [0.5, 0.6) is 0 Å². The van der Waals surface area contributed by atoms with Crippen LogP contribution in [-0.2, 0) is 14.3 Å². The van der Waals surface area contributed by atoms with E-state index in [1.165, 1.54) is 0 Å². The van der Waals surface area contributed by atoms with Gasteiger partial charge in [-0.2, -0.15) is 5.26 Å². The summed E-state index contributed by atoms with van der Waals surface area (Å²) in [6, 6.07) is 2.02. The highest BCUT2D eigenvalue weighted by atomic mass is 16.5. The fraction of sp³-hybridized carbons (Fsp3) is 0.533. The number of amides is 2. The Bertz CT molecular complexity index is 629. The third kappa shape index (κ3) is 3.12. The van der Waals surface area contributed by atoms with Crippen LogP contribution in [0.3, 0.4) is 0 Å². The first-order valence-electron chi connectivity index (χ1n) is 7.05. The maximum absolute atomic E-state index is 12.3. The molecule has 0 bridgehead atoms. The summed E-state index contributed by atoms with van der Waals surface area (Å²) in [5.41, 5.74) is 1.04. The summed E-state index contributed by atoms with van der Waals surface area (Å²) in [5, 5.41) is 11.8. The van der Waals surface area contributed by atoms with E-state index in [0.29, 0.717) is 36.6 Å². The number of furan rings is 1. The Morgan fingerprint density at radius 3 is 2.91 bits per heavy atom. The summed E-state index contributed by atoms with van der Waals surface area (Å²) in [6.07, 6.45) is 0.163. The number of nitrogens with one attached hydrogen (secondary N) is 1. The van der Waals surface area contributed by atoms with Gasteiger partial charge in [0.2, 0.25) is 17.7 Å². The number of rotatable bonds is 5. The van der Waals surface area contributed by atoms with Crippen molar-refractivity contribution in [2.75, 3.05) is 32.1 Å². The first-order chi connectivity index (χ1) is 10.5. The van der Waals surface area contributed by atoms with E-state index < -0.39 is 5.92 Å². The fourth-order valence-corrected chi connectivity index (χ4v) is 2.43. The normalized spacial score (nSPS) is 17.6. The molecule has 0 aliphatic carbocycles. The molecule has 1 N–H and O–H groups in total. The molecule has 1 aliphatic rings. The van der Waals surface area contributed by atoms with Crippen LogP contribution < -0.4 is 5.32 Å². The molecule has 1 aromatic rings. The zero-order valence-electron chi connectivity index (χ0n) is 12.9. The first-order valence-corrected chi connectivity index (χ1v) is 7.05. The maximum Gasteiger partial charge on any atom is 0.232 e. The van der Waals surface area contributed by atoms with E-state index in [1.807, 2.05) is 6.07 Å². The average molecular weight is 305 g/mol. The molecule has 2 amide bonds. The minimum Gasteiger partial charge on any atom is -0.444 e. The highest BCUT2D eigenvalue weighted by Crippen LogP contribution is 2.27. The molecule has 118 valence electrons. The van der Waals surface area contributed by atoms with Gasteiger partial charge in [0.05, 0.1) is 12.5 Å². The molecule has 1 aliphatic heterocycles. The Labute approximate surface area is 128 Å². The van der Waals surface area contributed by atoms with Gasteiger partial charge in [0.1, 0.15) is 17.4 Å². The van der Waals surface area contributed by atoms with Gasteiger partial charge in [-0.1, -0.05) is 0 Å². The minimum atomic E-state index is -0.443. The molecule has 0 radical (unpaired) electrons. The molecular weight excluding hydrogens is 286 g/mol. The van der Waals surface area contributed by atoms with E-state index in [-0.39, 0.29) is 24.1 Å². The third-order valence-corrected chi connectivity index (χ3v) is 3.88. The molecule has 1 fully saturated rings. The molecule has 0 aromatic carbocycles. The lowest BCUT2D eigenvalue weighted by Crippen LogP contribution is -2.30. The molecule has 7 heteroatoms. The second kappa shape index (κ2) is 6.62. The zero-order valence-corrected chi connectivity index (χ0v) is 12.9. The molecule has 7 nitrogen and oxygen atoms in total. The number of carbonyl (C=O) groups excluding carboxylic acids is 2.